The van der Waals surface area contributed by atoms with E-state index < -0.39 is 5.82 Å². The monoisotopic (exact) mass is 599 g/mol. The molecule has 5 nitrogen and oxygen atoms in total. The van der Waals surface area contributed by atoms with Crippen LogP contribution in [0, 0.1) is 5.82 Å². The molecule has 34 heavy (non-hydrogen) atoms. The van der Waals surface area contributed by atoms with E-state index >= 15 is 0 Å². The SMILES string of the molecule is CCC\C=C1/CN(C(=O)c2ccc(F)cc2OC[C@@H]2CCN2)C/C1=C(C)\N=C(C)\C(Cl)=C(/C)I. The molecule has 2 aliphatic rings. The van der Waals surface area contributed by atoms with Gasteiger partial charge in [-0.05, 0) is 86.0 Å². The molecule has 184 valence electrons. The lowest BCUT2D eigenvalue weighted by Crippen LogP contribution is -2.46. The maximum absolute atomic E-state index is 14.0. The maximum Gasteiger partial charge on any atom is 0.258 e. The average molecular weight is 600 g/mol. The number of hydrogen-bond acceptors (Lipinski definition) is 4. The minimum Gasteiger partial charge on any atom is -0.491 e. The number of nitrogens with one attached hydrogen (secondary N) is 1. The highest BCUT2D eigenvalue weighted by Crippen LogP contribution is 2.31. The molecular weight excluding hydrogens is 568 g/mol. The van der Waals surface area contributed by atoms with Gasteiger partial charge < -0.3 is 15.0 Å². The number of nitrogens with zero attached hydrogens (tertiary/aromatic N) is 2. The van der Waals surface area contributed by atoms with Gasteiger partial charge in [0.2, 0.25) is 0 Å². The first kappa shape index (κ1) is 26.9. The summed E-state index contributed by atoms with van der Waals surface area (Å²) in [5.41, 5.74) is 4.09. The van der Waals surface area contributed by atoms with Crippen molar-refractivity contribution in [3.05, 3.63) is 61.1 Å². The van der Waals surface area contributed by atoms with E-state index in [9.17, 15) is 9.18 Å². The van der Waals surface area contributed by atoms with Crippen molar-refractivity contribution in [3.63, 3.8) is 0 Å². The second-order valence-corrected chi connectivity index (χ2v) is 10.7. The zero-order valence-corrected chi connectivity index (χ0v) is 23.1. The standard InChI is InChI=1S/C26H32ClFIN3O2/c1-5-6-7-19-13-32(14-23(19)17(3)31-18(4)25(27)16(2)29)26(33)22-9-8-20(28)12-24(22)34-15-21-10-11-30-21/h7-9,12,21,30H,5-6,10-11,13-15H2,1-4H3/b19-7+,23-17+,25-16-,31-18+/t21-/m0/s1. The fourth-order valence-electron chi connectivity index (χ4n) is 3.91. The van der Waals surface area contributed by atoms with Crippen molar-refractivity contribution in [2.75, 3.05) is 26.2 Å². The van der Waals surface area contributed by atoms with Crippen molar-refractivity contribution in [1.29, 1.82) is 0 Å². The predicted octanol–water partition coefficient (Wildman–Crippen LogP) is 6.39. The quantitative estimate of drug-likeness (QED) is 0.278. The Morgan fingerprint density at radius 2 is 2.09 bits per heavy atom. The number of carbonyl (C=O) groups is 1. The van der Waals surface area contributed by atoms with E-state index in [4.69, 9.17) is 21.3 Å². The molecule has 8 heteroatoms. The van der Waals surface area contributed by atoms with Gasteiger partial charge in [-0.25, -0.2) is 4.39 Å². The van der Waals surface area contributed by atoms with Gasteiger partial charge in [-0.15, -0.1) is 0 Å². The van der Waals surface area contributed by atoms with E-state index in [0.717, 1.165) is 51.9 Å². The first-order valence-electron chi connectivity index (χ1n) is 11.6. The van der Waals surface area contributed by atoms with Crippen molar-refractivity contribution >= 4 is 45.8 Å². The van der Waals surface area contributed by atoms with Crippen molar-refractivity contribution in [2.45, 2.75) is 53.0 Å². The van der Waals surface area contributed by atoms with Crippen LogP contribution in [0.1, 0.15) is 57.3 Å². The molecule has 0 saturated carbocycles. The fourth-order valence-corrected chi connectivity index (χ4v) is 4.34. The minimum absolute atomic E-state index is 0.177. The molecule has 0 spiro atoms. The number of allylic oxidation sites excluding steroid dienone is 4. The van der Waals surface area contributed by atoms with Gasteiger partial charge in [0.05, 0.1) is 16.3 Å². The van der Waals surface area contributed by atoms with Gasteiger partial charge in [-0.1, -0.05) is 31.0 Å². The summed E-state index contributed by atoms with van der Waals surface area (Å²) in [7, 11) is 0. The molecule has 1 aromatic carbocycles. The third-order valence-electron chi connectivity index (χ3n) is 6.00. The van der Waals surface area contributed by atoms with E-state index in [1.165, 1.54) is 18.2 Å². The highest BCUT2D eigenvalue weighted by Gasteiger charge is 2.30. The predicted molar refractivity (Wildman–Crippen MR) is 146 cm³/mol. The Labute approximate surface area is 220 Å². The van der Waals surface area contributed by atoms with Crippen molar-refractivity contribution in [2.24, 2.45) is 4.99 Å². The maximum atomic E-state index is 14.0. The number of carbonyl (C=O) groups excluding carboxylic acids is 1. The Morgan fingerprint density at radius 3 is 2.71 bits per heavy atom. The van der Waals surface area contributed by atoms with Crippen LogP contribution in [0.2, 0.25) is 0 Å². The highest BCUT2D eigenvalue weighted by molar-refractivity contribution is 14.1. The number of unbranched alkanes of at least 4 members (excludes halogenated alkanes) is 1. The Hall–Kier alpha value is -1.71. The van der Waals surface area contributed by atoms with Gasteiger partial charge in [0.25, 0.3) is 5.91 Å². The largest absolute Gasteiger partial charge is 0.491 e. The molecule has 0 aromatic heterocycles. The fraction of sp³-hybridized carbons (Fsp3) is 0.462. The zero-order valence-electron chi connectivity index (χ0n) is 20.2. The van der Waals surface area contributed by atoms with Gasteiger partial charge in [0, 0.05) is 34.5 Å². The molecule has 0 radical (unpaired) electrons. The number of amides is 1. The summed E-state index contributed by atoms with van der Waals surface area (Å²) < 4.78 is 20.8. The molecular formula is C26H32ClFIN3O2. The van der Waals surface area contributed by atoms with Crippen LogP contribution < -0.4 is 10.1 Å². The van der Waals surface area contributed by atoms with Gasteiger partial charge in [-0.2, -0.15) is 0 Å². The minimum atomic E-state index is -0.421. The van der Waals surface area contributed by atoms with Crippen LogP contribution in [-0.4, -0.2) is 48.8 Å². The molecule has 2 fully saturated rings. The normalized spacial score (nSPS) is 22.0. The number of hydrogen-bond donors (Lipinski definition) is 1. The average Bonchev–Trinajstić information content (AvgIpc) is 3.20. The number of benzene rings is 1. The Kier molecular flexibility index (Phi) is 9.74. The first-order chi connectivity index (χ1) is 16.2. The molecule has 1 N–H and O–H groups in total. The summed E-state index contributed by atoms with van der Waals surface area (Å²) in [6.07, 6.45) is 5.13. The smallest absolute Gasteiger partial charge is 0.258 e. The first-order valence-corrected chi connectivity index (χ1v) is 13.1. The van der Waals surface area contributed by atoms with Gasteiger partial charge >= 0.3 is 0 Å². The van der Waals surface area contributed by atoms with E-state index in [-0.39, 0.29) is 17.7 Å². The van der Waals surface area contributed by atoms with Crippen LogP contribution in [-0.2, 0) is 0 Å². The number of halogens is 3. The molecule has 2 heterocycles. The lowest BCUT2D eigenvalue weighted by Gasteiger charge is -2.28. The highest BCUT2D eigenvalue weighted by atomic mass is 127. The van der Waals surface area contributed by atoms with Crippen LogP contribution >= 0.6 is 34.2 Å². The number of likely N-dealkylation sites (tertiary alicyclic amines) is 1. The number of rotatable bonds is 8. The summed E-state index contributed by atoms with van der Waals surface area (Å²) >= 11 is 8.57. The van der Waals surface area contributed by atoms with Crippen molar-refractivity contribution in [3.8, 4) is 5.75 Å². The lowest BCUT2D eigenvalue weighted by molar-refractivity contribution is 0.0795. The Balaban J connectivity index is 1.89. The van der Waals surface area contributed by atoms with Gasteiger partial charge in [0.1, 0.15) is 18.2 Å². The molecule has 2 aliphatic heterocycles. The summed E-state index contributed by atoms with van der Waals surface area (Å²) in [6, 6.07) is 4.36. The van der Waals surface area contributed by atoms with Crippen LogP contribution in [0.4, 0.5) is 4.39 Å². The molecule has 2 saturated heterocycles. The van der Waals surface area contributed by atoms with Crippen LogP contribution in [0.15, 0.2) is 54.7 Å². The van der Waals surface area contributed by atoms with Gasteiger partial charge in [0.15, 0.2) is 0 Å². The molecule has 1 aromatic rings. The topological polar surface area (TPSA) is 53.9 Å². The zero-order chi connectivity index (χ0) is 24.8. The van der Waals surface area contributed by atoms with E-state index in [1.807, 2.05) is 20.8 Å². The van der Waals surface area contributed by atoms with Crippen molar-refractivity contribution in [1.82, 2.24) is 10.2 Å². The summed E-state index contributed by atoms with van der Waals surface area (Å²) in [4.78, 5) is 20.0. The van der Waals surface area contributed by atoms with Crippen LogP contribution in [0.25, 0.3) is 0 Å². The molecule has 0 unspecified atom stereocenters. The second-order valence-electron chi connectivity index (χ2n) is 8.68. The van der Waals surface area contributed by atoms with E-state index in [1.54, 1.807) is 4.90 Å². The molecule has 3 rings (SSSR count). The molecule has 0 aliphatic carbocycles. The Bertz CT molecular complexity index is 1060. The van der Waals surface area contributed by atoms with Gasteiger partial charge in [-0.3, -0.25) is 9.79 Å². The third kappa shape index (κ3) is 6.70. The second kappa shape index (κ2) is 12.3. The van der Waals surface area contributed by atoms with E-state index in [2.05, 4.69) is 40.9 Å². The van der Waals surface area contributed by atoms with Crippen LogP contribution in [0.3, 0.4) is 0 Å². The summed E-state index contributed by atoms with van der Waals surface area (Å²) in [5, 5.41) is 3.89. The van der Waals surface area contributed by atoms with E-state index in [0.29, 0.717) is 30.3 Å². The van der Waals surface area contributed by atoms with Crippen LogP contribution in [0.5, 0.6) is 5.75 Å². The molecule has 0 bridgehead atoms. The van der Waals surface area contributed by atoms with Crippen molar-refractivity contribution < 1.29 is 13.9 Å². The summed E-state index contributed by atoms with van der Waals surface area (Å²) in [6.45, 7) is 10.2. The summed E-state index contributed by atoms with van der Waals surface area (Å²) in [5.74, 6) is -0.312. The molecule has 1 atom stereocenters. The Morgan fingerprint density at radius 1 is 1.35 bits per heavy atom. The lowest BCUT2D eigenvalue weighted by atomic mass is 10.1. The number of ether oxygens (including phenoxy) is 1. The third-order valence-corrected chi connectivity index (χ3v) is 7.41. The number of aliphatic imine (C=N–C) groups is 1. The molecule has 1 amide bonds.